The molecule has 8 nitrogen and oxygen atoms in total. The molecule has 0 bridgehead atoms. The Morgan fingerprint density at radius 1 is 1.06 bits per heavy atom. The van der Waals surface area contributed by atoms with Crippen LogP contribution in [0.5, 0.6) is 5.75 Å². The minimum Gasteiger partial charge on any atom is -0.497 e. The molecule has 0 fully saturated rings. The predicted molar refractivity (Wildman–Crippen MR) is 126 cm³/mol. The number of aromatic nitrogens is 2. The Labute approximate surface area is 194 Å². The van der Waals surface area contributed by atoms with Gasteiger partial charge in [-0.3, -0.25) is 14.9 Å². The molecule has 0 aliphatic rings. The number of carbonyl (C=O) groups is 2. The highest BCUT2D eigenvalue weighted by molar-refractivity contribution is 7.99. The van der Waals surface area contributed by atoms with Gasteiger partial charge in [0.25, 0.3) is 11.8 Å². The minimum absolute atomic E-state index is 0.190. The van der Waals surface area contributed by atoms with E-state index >= 15 is 0 Å². The lowest BCUT2D eigenvalue weighted by atomic mass is 10.2. The van der Waals surface area contributed by atoms with Crippen molar-refractivity contribution in [2.45, 2.75) is 11.3 Å². The summed E-state index contributed by atoms with van der Waals surface area (Å²) < 4.78 is 10.2. The monoisotopic (exact) mass is 472 g/mol. The number of nitrogens with one attached hydrogen (secondary N) is 2. The number of hydrogen-bond donors (Lipinski definition) is 2. The van der Waals surface area contributed by atoms with Gasteiger partial charge in [0.1, 0.15) is 10.8 Å². The molecule has 0 radical (unpaired) electrons. The lowest BCUT2D eigenvalue weighted by Gasteiger charge is -2.08. The molecule has 3 rings (SSSR count). The van der Waals surface area contributed by atoms with E-state index in [-0.39, 0.29) is 11.8 Å². The van der Waals surface area contributed by atoms with Gasteiger partial charge in [-0.15, -0.1) is 22.0 Å². The average Bonchev–Trinajstić information content (AvgIpc) is 3.26. The van der Waals surface area contributed by atoms with Crippen molar-refractivity contribution in [1.29, 1.82) is 0 Å². The summed E-state index contributed by atoms with van der Waals surface area (Å²) in [6, 6.07) is 14.4. The van der Waals surface area contributed by atoms with E-state index in [1.165, 1.54) is 11.3 Å². The first-order valence-electron chi connectivity index (χ1n) is 9.87. The first kappa shape index (κ1) is 23.7. The number of thioether (sulfide) groups is 1. The number of benzene rings is 2. The Bertz CT molecular complexity index is 1060. The average molecular weight is 473 g/mol. The van der Waals surface area contributed by atoms with E-state index in [4.69, 9.17) is 9.47 Å². The van der Waals surface area contributed by atoms with Gasteiger partial charge in [-0.1, -0.05) is 29.5 Å². The fraction of sp³-hybridized carbons (Fsp3) is 0.273. The van der Waals surface area contributed by atoms with Crippen LogP contribution in [0.3, 0.4) is 0 Å². The van der Waals surface area contributed by atoms with Crippen molar-refractivity contribution in [3.8, 4) is 5.75 Å². The van der Waals surface area contributed by atoms with Crippen molar-refractivity contribution < 1.29 is 19.1 Å². The van der Waals surface area contributed by atoms with Crippen molar-refractivity contribution in [1.82, 2.24) is 15.5 Å². The lowest BCUT2D eigenvalue weighted by Crippen LogP contribution is -2.25. The second-order valence-corrected chi connectivity index (χ2v) is 8.73. The number of amides is 2. The maximum Gasteiger partial charge on any atom is 0.258 e. The zero-order valence-corrected chi connectivity index (χ0v) is 19.4. The molecule has 0 aliphatic carbocycles. The Hall–Kier alpha value is -2.95. The summed E-state index contributed by atoms with van der Waals surface area (Å²) in [6.07, 6.45) is 0.507. The molecule has 168 valence electrons. The zero-order chi connectivity index (χ0) is 22.8. The molecule has 0 saturated heterocycles. The molecule has 3 aromatic rings. The summed E-state index contributed by atoms with van der Waals surface area (Å²) in [6.45, 7) is 1.01. The van der Waals surface area contributed by atoms with E-state index < -0.39 is 0 Å². The van der Waals surface area contributed by atoms with Gasteiger partial charge in [-0.05, 0) is 30.3 Å². The number of rotatable bonds is 11. The molecule has 0 aliphatic heterocycles. The molecule has 2 amide bonds. The maximum atomic E-state index is 12.7. The second-order valence-electron chi connectivity index (χ2n) is 6.53. The molecule has 0 atom stereocenters. The number of methoxy groups -OCH3 is 2. The van der Waals surface area contributed by atoms with Crippen molar-refractivity contribution in [2.24, 2.45) is 0 Å². The summed E-state index contributed by atoms with van der Waals surface area (Å²) in [5, 5.41) is 14.9. The second kappa shape index (κ2) is 12.2. The lowest BCUT2D eigenvalue weighted by molar-refractivity contribution is 0.0952. The number of anilines is 1. The van der Waals surface area contributed by atoms with Gasteiger partial charge in [0.05, 0.1) is 19.3 Å². The number of carbonyl (C=O) groups excluding carboxylic acids is 2. The standard InChI is InChI=1S/C22H24N4O4S2/c1-29-12-13-31-18-9-4-3-8-17(18)21(28)24-22-26-25-19(32-22)10-11-23-20(27)15-6-5-7-16(14-15)30-2/h3-9,14H,10-13H2,1-2H3,(H,23,27)(H,24,26,28). The summed E-state index contributed by atoms with van der Waals surface area (Å²) in [5.41, 5.74) is 1.10. The quantitative estimate of drug-likeness (QED) is 0.325. The van der Waals surface area contributed by atoms with Gasteiger partial charge in [0, 0.05) is 36.3 Å². The predicted octanol–water partition coefficient (Wildman–Crippen LogP) is 3.51. The SMILES string of the molecule is COCCSc1ccccc1C(=O)Nc1nnc(CCNC(=O)c2cccc(OC)c2)s1. The Morgan fingerprint density at radius 2 is 1.91 bits per heavy atom. The molecular formula is C22H24N4O4S2. The number of hydrogen-bond acceptors (Lipinski definition) is 8. The smallest absolute Gasteiger partial charge is 0.258 e. The van der Waals surface area contributed by atoms with E-state index in [1.807, 2.05) is 18.2 Å². The van der Waals surface area contributed by atoms with Crippen LogP contribution >= 0.6 is 23.1 Å². The molecule has 1 aromatic heterocycles. The van der Waals surface area contributed by atoms with Crippen molar-refractivity contribution in [3.05, 3.63) is 64.7 Å². The largest absolute Gasteiger partial charge is 0.497 e. The van der Waals surface area contributed by atoms with Crippen LogP contribution in [-0.4, -0.2) is 55.1 Å². The molecule has 0 saturated carbocycles. The highest BCUT2D eigenvalue weighted by Crippen LogP contribution is 2.24. The van der Waals surface area contributed by atoms with Gasteiger partial charge in [0.2, 0.25) is 5.13 Å². The fourth-order valence-corrected chi connectivity index (χ4v) is 4.43. The molecule has 32 heavy (non-hydrogen) atoms. The molecule has 0 unspecified atom stereocenters. The Balaban J connectivity index is 1.51. The van der Waals surface area contributed by atoms with Crippen LogP contribution in [0.2, 0.25) is 0 Å². The minimum atomic E-state index is -0.237. The summed E-state index contributed by atoms with van der Waals surface area (Å²) in [5.74, 6) is 0.954. The van der Waals surface area contributed by atoms with E-state index in [0.717, 1.165) is 10.6 Å². The molecule has 10 heteroatoms. The summed E-state index contributed by atoms with van der Waals surface area (Å²) >= 11 is 2.85. The highest BCUT2D eigenvalue weighted by atomic mass is 32.2. The third-order valence-corrected chi connectivity index (χ3v) is 6.26. The fourth-order valence-electron chi connectivity index (χ4n) is 2.73. The first-order chi connectivity index (χ1) is 15.6. The topological polar surface area (TPSA) is 102 Å². The van der Waals surface area contributed by atoms with Crippen molar-refractivity contribution >= 4 is 40.0 Å². The summed E-state index contributed by atoms with van der Waals surface area (Å²) in [4.78, 5) is 25.9. The van der Waals surface area contributed by atoms with E-state index in [1.54, 1.807) is 56.3 Å². The third kappa shape index (κ3) is 6.78. The van der Waals surface area contributed by atoms with Crippen LogP contribution in [-0.2, 0) is 11.2 Å². The van der Waals surface area contributed by atoms with Gasteiger partial charge >= 0.3 is 0 Å². The van der Waals surface area contributed by atoms with E-state index in [9.17, 15) is 9.59 Å². The number of ether oxygens (including phenoxy) is 2. The normalized spacial score (nSPS) is 10.6. The maximum absolute atomic E-state index is 12.7. The van der Waals surface area contributed by atoms with Gasteiger partial charge in [0.15, 0.2) is 0 Å². The van der Waals surface area contributed by atoms with Crippen molar-refractivity contribution in [2.75, 3.05) is 38.4 Å². The van der Waals surface area contributed by atoms with E-state index in [2.05, 4.69) is 20.8 Å². The van der Waals surface area contributed by atoms with Crippen molar-refractivity contribution in [3.63, 3.8) is 0 Å². The summed E-state index contributed by atoms with van der Waals surface area (Å²) in [7, 11) is 3.21. The first-order valence-corrected chi connectivity index (χ1v) is 11.7. The van der Waals surface area contributed by atoms with Crippen LogP contribution in [0.1, 0.15) is 25.7 Å². The van der Waals surface area contributed by atoms with Crippen LogP contribution in [0.15, 0.2) is 53.4 Å². The van der Waals surface area contributed by atoms with Gasteiger partial charge in [-0.25, -0.2) is 0 Å². The van der Waals surface area contributed by atoms with Crippen LogP contribution in [0, 0.1) is 0 Å². The Kier molecular flexibility index (Phi) is 9.02. The number of nitrogens with zero attached hydrogens (tertiary/aromatic N) is 2. The molecular weight excluding hydrogens is 448 g/mol. The highest BCUT2D eigenvalue weighted by Gasteiger charge is 2.14. The molecule has 2 aromatic carbocycles. The van der Waals surface area contributed by atoms with Gasteiger partial charge in [-0.2, -0.15) is 0 Å². The van der Waals surface area contributed by atoms with Crippen LogP contribution in [0.4, 0.5) is 5.13 Å². The van der Waals surface area contributed by atoms with E-state index in [0.29, 0.717) is 46.6 Å². The Morgan fingerprint density at radius 3 is 2.72 bits per heavy atom. The van der Waals surface area contributed by atoms with Crippen LogP contribution < -0.4 is 15.4 Å². The van der Waals surface area contributed by atoms with Gasteiger partial charge < -0.3 is 14.8 Å². The molecule has 0 spiro atoms. The molecule has 1 heterocycles. The molecule has 2 N–H and O–H groups in total. The third-order valence-electron chi connectivity index (χ3n) is 4.32. The van der Waals surface area contributed by atoms with Crippen LogP contribution in [0.25, 0.3) is 0 Å². The zero-order valence-electron chi connectivity index (χ0n) is 17.8.